The zero-order chi connectivity index (χ0) is 22.5. The normalized spacial score (nSPS) is 10.7. The number of carbonyl (C=O) groups is 1. The van der Waals surface area contributed by atoms with Crippen LogP contribution in [0.1, 0.15) is 27.6 Å². The van der Waals surface area contributed by atoms with Crippen molar-refractivity contribution in [1.29, 1.82) is 0 Å². The number of benzene rings is 2. The number of amides is 1. The molecular weight excluding hydrogens is 412 g/mol. The third kappa shape index (κ3) is 5.01. The third-order valence-corrected chi connectivity index (χ3v) is 4.71. The Bertz CT molecular complexity index is 1230. The number of anilines is 1. The molecule has 0 aliphatic heterocycles. The molecule has 2 heterocycles. The molecule has 0 atom stereocenters. The van der Waals surface area contributed by atoms with Gasteiger partial charge in [0.05, 0.1) is 11.5 Å². The van der Waals surface area contributed by atoms with Gasteiger partial charge in [0.25, 0.3) is 11.6 Å². The zero-order valence-corrected chi connectivity index (χ0v) is 17.2. The lowest BCUT2D eigenvalue weighted by Gasteiger charge is -2.04. The van der Waals surface area contributed by atoms with Gasteiger partial charge in [0.1, 0.15) is 18.1 Å². The lowest BCUT2D eigenvalue weighted by atomic mass is 10.2. The topological polar surface area (TPSA) is 112 Å². The number of rotatable bonds is 8. The summed E-state index contributed by atoms with van der Waals surface area (Å²) in [6.45, 7) is 2.61. The number of aromatic nitrogens is 2. The fourth-order valence-corrected chi connectivity index (χ4v) is 3.06. The van der Waals surface area contributed by atoms with Gasteiger partial charge in [0.15, 0.2) is 11.6 Å². The Labute approximate surface area is 183 Å². The van der Waals surface area contributed by atoms with Crippen LogP contribution in [0.5, 0.6) is 5.75 Å². The van der Waals surface area contributed by atoms with Crippen molar-refractivity contribution in [3.05, 3.63) is 106 Å². The molecule has 0 fully saturated rings. The molecule has 0 saturated carbocycles. The summed E-state index contributed by atoms with van der Waals surface area (Å²) in [5.74, 6) is 1.04. The molecule has 0 radical (unpaired) electrons. The van der Waals surface area contributed by atoms with E-state index in [1.165, 1.54) is 24.3 Å². The summed E-state index contributed by atoms with van der Waals surface area (Å²) in [6, 6.07) is 20.6. The Morgan fingerprint density at radius 3 is 2.59 bits per heavy atom. The highest BCUT2D eigenvalue weighted by Crippen LogP contribution is 2.19. The van der Waals surface area contributed by atoms with E-state index >= 15 is 0 Å². The van der Waals surface area contributed by atoms with E-state index < -0.39 is 10.8 Å². The molecule has 0 unspecified atom stereocenters. The first-order valence-electron chi connectivity index (χ1n) is 9.83. The van der Waals surface area contributed by atoms with Crippen molar-refractivity contribution in [2.24, 2.45) is 0 Å². The molecule has 0 spiro atoms. The Morgan fingerprint density at radius 1 is 1.12 bits per heavy atom. The first-order valence-corrected chi connectivity index (χ1v) is 9.83. The van der Waals surface area contributed by atoms with Gasteiger partial charge in [0.2, 0.25) is 0 Å². The summed E-state index contributed by atoms with van der Waals surface area (Å²) in [4.78, 5) is 22.7. The van der Waals surface area contributed by atoms with Crippen LogP contribution in [0, 0.1) is 17.0 Å². The van der Waals surface area contributed by atoms with Crippen LogP contribution in [0.4, 0.5) is 11.5 Å². The second kappa shape index (κ2) is 9.17. The summed E-state index contributed by atoms with van der Waals surface area (Å²) < 4.78 is 12.9. The van der Waals surface area contributed by atoms with Crippen molar-refractivity contribution in [2.45, 2.75) is 20.1 Å². The average molecular weight is 432 g/mol. The minimum atomic E-state index is -0.479. The molecule has 1 amide bonds. The molecule has 9 heteroatoms. The number of nitro groups is 1. The van der Waals surface area contributed by atoms with Gasteiger partial charge >= 0.3 is 0 Å². The minimum Gasteiger partial charge on any atom is -0.486 e. The smallest absolute Gasteiger partial charge is 0.292 e. The molecule has 4 aromatic rings. The highest BCUT2D eigenvalue weighted by Gasteiger charge is 2.15. The number of nitrogens with one attached hydrogen (secondary N) is 1. The van der Waals surface area contributed by atoms with E-state index in [1.807, 2.05) is 41.9 Å². The van der Waals surface area contributed by atoms with Gasteiger partial charge < -0.3 is 14.5 Å². The first kappa shape index (κ1) is 20.9. The molecule has 2 aromatic heterocycles. The van der Waals surface area contributed by atoms with E-state index in [-0.39, 0.29) is 18.1 Å². The molecule has 0 aliphatic rings. The van der Waals surface area contributed by atoms with E-state index in [4.69, 9.17) is 9.15 Å². The highest BCUT2D eigenvalue weighted by atomic mass is 16.6. The Balaban J connectivity index is 1.34. The molecular formula is C23H20N4O5. The molecule has 0 bridgehead atoms. The lowest BCUT2D eigenvalue weighted by molar-refractivity contribution is -0.384. The molecule has 1 N–H and O–H groups in total. The Morgan fingerprint density at radius 2 is 1.88 bits per heavy atom. The van der Waals surface area contributed by atoms with Crippen LogP contribution in [0.2, 0.25) is 0 Å². The summed E-state index contributed by atoms with van der Waals surface area (Å²) in [5.41, 5.74) is 2.01. The minimum absolute atomic E-state index is 0.0178. The van der Waals surface area contributed by atoms with Gasteiger partial charge in [-0.3, -0.25) is 19.6 Å². The van der Waals surface area contributed by atoms with Gasteiger partial charge in [-0.2, -0.15) is 5.10 Å². The first-order chi connectivity index (χ1) is 15.5. The Hall–Kier alpha value is -4.40. The van der Waals surface area contributed by atoms with Crippen molar-refractivity contribution < 1.29 is 18.9 Å². The van der Waals surface area contributed by atoms with Gasteiger partial charge in [-0.15, -0.1) is 0 Å². The summed E-state index contributed by atoms with van der Waals surface area (Å²) in [7, 11) is 0. The number of nitrogens with zero attached hydrogens (tertiary/aromatic N) is 3. The molecule has 2 aromatic carbocycles. The van der Waals surface area contributed by atoms with E-state index in [0.717, 1.165) is 11.3 Å². The van der Waals surface area contributed by atoms with E-state index in [1.54, 1.807) is 18.2 Å². The van der Waals surface area contributed by atoms with Crippen LogP contribution in [0.15, 0.2) is 77.2 Å². The van der Waals surface area contributed by atoms with Gasteiger partial charge in [-0.25, -0.2) is 0 Å². The molecule has 0 aliphatic carbocycles. The predicted molar refractivity (Wildman–Crippen MR) is 117 cm³/mol. The predicted octanol–water partition coefficient (Wildman–Crippen LogP) is 4.57. The van der Waals surface area contributed by atoms with E-state index in [9.17, 15) is 14.9 Å². The number of ether oxygens (including phenoxy) is 1. The summed E-state index contributed by atoms with van der Waals surface area (Å²) in [6.07, 6.45) is 0. The third-order valence-electron chi connectivity index (χ3n) is 4.71. The number of hydrogen-bond donors (Lipinski definition) is 1. The van der Waals surface area contributed by atoms with Gasteiger partial charge in [0, 0.05) is 23.9 Å². The van der Waals surface area contributed by atoms with Gasteiger partial charge in [-0.1, -0.05) is 30.3 Å². The number of hydrogen-bond acceptors (Lipinski definition) is 6. The molecule has 4 rings (SSSR count). The molecule has 9 nitrogen and oxygen atoms in total. The second-order valence-corrected chi connectivity index (χ2v) is 7.07. The fraction of sp³-hybridized carbons (Fsp3) is 0.130. The fourth-order valence-electron chi connectivity index (χ4n) is 3.06. The van der Waals surface area contributed by atoms with Crippen LogP contribution < -0.4 is 10.1 Å². The molecule has 0 saturated heterocycles. The van der Waals surface area contributed by atoms with Crippen molar-refractivity contribution in [3.63, 3.8) is 0 Å². The Kier molecular flexibility index (Phi) is 5.98. The maximum atomic E-state index is 12.5. The van der Waals surface area contributed by atoms with E-state index in [0.29, 0.717) is 23.9 Å². The van der Waals surface area contributed by atoms with Crippen molar-refractivity contribution in [3.8, 4) is 5.75 Å². The van der Waals surface area contributed by atoms with E-state index in [2.05, 4.69) is 10.4 Å². The summed E-state index contributed by atoms with van der Waals surface area (Å²) in [5, 5.41) is 17.9. The SMILES string of the molecule is Cc1cc(NC(=O)c2ccc(COc3ccc([N+](=O)[O-])cc3)o2)nn1Cc1ccccc1. The van der Waals surface area contributed by atoms with Crippen LogP contribution >= 0.6 is 0 Å². The highest BCUT2D eigenvalue weighted by molar-refractivity contribution is 6.01. The molecule has 32 heavy (non-hydrogen) atoms. The van der Waals surface area contributed by atoms with Crippen molar-refractivity contribution >= 4 is 17.4 Å². The van der Waals surface area contributed by atoms with Crippen molar-refractivity contribution in [2.75, 3.05) is 5.32 Å². The zero-order valence-electron chi connectivity index (χ0n) is 17.2. The second-order valence-electron chi connectivity index (χ2n) is 7.07. The van der Waals surface area contributed by atoms with Crippen LogP contribution in [-0.4, -0.2) is 20.6 Å². The number of aryl methyl sites for hydroxylation is 1. The number of furan rings is 1. The molecule has 162 valence electrons. The lowest BCUT2D eigenvalue weighted by Crippen LogP contribution is -2.12. The standard InChI is InChI=1S/C23H20N4O5/c1-16-13-22(25-26(16)14-17-5-3-2-4-6-17)24-23(28)21-12-11-20(32-21)15-31-19-9-7-18(8-10-19)27(29)30/h2-13H,14-15H2,1H3,(H,24,25,28). The number of carbonyl (C=O) groups excluding carboxylic acids is 1. The van der Waals surface area contributed by atoms with Gasteiger partial charge in [-0.05, 0) is 36.8 Å². The average Bonchev–Trinajstić information content (AvgIpc) is 3.40. The van der Waals surface area contributed by atoms with Crippen LogP contribution in [0.25, 0.3) is 0 Å². The maximum Gasteiger partial charge on any atom is 0.292 e. The van der Waals surface area contributed by atoms with Crippen LogP contribution in [0.3, 0.4) is 0 Å². The number of nitro benzene ring substituents is 1. The summed E-state index contributed by atoms with van der Waals surface area (Å²) >= 11 is 0. The maximum absolute atomic E-state index is 12.5. The quantitative estimate of drug-likeness (QED) is 0.322. The number of non-ortho nitro benzene ring substituents is 1. The monoisotopic (exact) mass is 432 g/mol. The largest absolute Gasteiger partial charge is 0.486 e. The van der Waals surface area contributed by atoms with Crippen molar-refractivity contribution in [1.82, 2.24) is 9.78 Å². The van der Waals surface area contributed by atoms with Crippen LogP contribution in [-0.2, 0) is 13.2 Å².